The smallest absolute Gasteiger partial charge is 0.224 e. The molecule has 3 nitrogen and oxygen atoms in total. The van der Waals surface area contributed by atoms with E-state index in [1.54, 1.807) is 0 Å². The van der Waals surface area contributed by atoms with Gasteiger partial charge in [0.15, 0.2) is 0 Å². The summed E-state index contributed by atoms with van der Waals surface area (Å²) in [6, 6.07) is 8.26. The van der Waals surface area contributed by atoms with Crippen LogP contribution in [0.4, 0.5) is 0 Å². The van der Waals surface area contributed by atoms with Gasteiger partial charge in [-0.2, -0.15) is 0 Å². The molecule has 1 aliphatic heterocycles. The van der Waals surface area contributed by atoms with Crippen molar-refractivity contribution in [2.45, 2.75) is 39.2 Å². The molecule has 0 aromatic heterocycles. The van der Waals surface area contributed by atoms with Crippen LogP contribution in [0.5, 0.6) is 0 Å². The summed E-state index contributed by atoms with van der Waals surface area (Å²) in [6.45, 7) is 6.30. The van der Waals surface area contributed by atoms with Crippen LogP contribution in [0.15, 0.2) is 28.7 Å². The molecule has 0 saturated carbocycles. The van der Waals surface area contributed by atoms with Crippen molar-refractivity contribution < 1.29 is 4.79 Å². The number of hydrogen-bond donors (Lipinski definition) is 2. The second-order valence-corrected chi connectivity index (χ2v) is 7.12. The first-order valence-corrected chi connectivity index (χ1v) is 8.01. The van der Waals surface area contributed by atoms with Gasteiger partial charge in [0.05, 0.1) is 6.42 Å². The Labute approximate surface area is 141 Å². The second kappa shape index (κ2) is 8.16. The maximum Gasteiger partial charge on any atom is 0.224 e. The Bertz CT molecular complexity index is 462. The van der Waals surface area contributed by atoms with E-state index in [1.807, 2.05) is 24.3 Å². The molecule has 2 N–H and O–H groups in total. The summed E-state index contributed by atoms with van der Waals surface area (Å²) in [5.41, 5.74) is 1.30. The van der Waals surface area contributed by atoms with E-state index in [0.717, 1.165) is 16.6 Å². The highest BCUT2D eigenvalue weighted by Crippen LogP contribution is 2.29. The van der Waals surface area contributed by atoms with E-state index in [0.29, 0.717) is 19.0 Å². The molecule has 0 aliphatic carbocycles. The average molecular weight is 376 g/mol. The van der Waals surface area contributed by atoms with Crippen LogP contribution in [0.1, 0.15) is 32.3 Å². The number of amides is 1. The van der Waals surface area contributed by atoms with Gasteiger partial charge in [-0.05, 0) is 42.5 Å². The zero-order valence-electron chi connectivity index (χ0n) is 12.6. The largest absolute Gasteiger partial charge is 0.354 e. The minimum absolute atomic E-state index is 0. The van der Waals surface area contributed by atoms with Crippen molar-refractivity contribution in [2.75, 3.05) is 13.1 Å². The van der Waals surface area contributed by atoms with Gasteiger partial charge in [-0.25, -0.2) is 0 Å². The summed E-state index contributed by atoms with van der Waals surface area (Å²) in [7, 11) is 0. The third-order valence-corrected chi connectivity index (χ3v) is 4.64. The first-order valence-electron chi connectivity index (χ1n) is 7.22. The highest BCUT2D eigenvalue weighted by molar-refractivity contribution is 9.10. The van der Waals surface area contributed by atoms with Gasteiger partial charge < -0.3 is 10.6 Å². The van der Waals surface area contributed by atoms with Gasteiger partial charge in [-0.15, -0.1) is 12.4 Å². The molecule has 1 aromatic carbocycles. The Balaban J connectivity index is 0.00000220. The predicted molar refractivity (Wildman–Crippen MR) is 92.9 cm³/mol. The quantitative estimate of drug-likeness (QED) is 0.847. The Hall–Kier alpha value is -0.580. The molecule has 21 heavy (non-hydrogen) atoms. The molecule has 0 bridgehead atoms. The van der Waals surface area contributed by atoms with Gasteiger partial charge in [0.2, 0.25) is 5.91 Å². The molecular weight excluding hydrogens is 352 g/mol. The molecule has 0 spiro atoms. The Kier molecular flexibility index (Phi) is 7.17. The lowest BCUT2D eigenvalue weighted by Crippen LogP contribution is -2.52. The van der Waals surface area contributed by atoms with Gasteiger partial charge in [0.25, 0.3) is 0 Å². The molecule has 118 valence electrons. The van der Waals surface area contributed by atoms with Crippen LogP contribution in [-0.4, -0.2) is 25.0 Å². The molecule has 1 aromatic rings. The number of rotatable bonds is 4. The van der Waals surface area contributed by atoms with E-state index in [4.69, 9.17) is 0 Å². The minimum Gasteiger partial charge on any atom is -0.354 e. The van der Waals surface area contributed by atoms with Gasteiger partial charge in [-0.1, -0.05) is 41.9 Å². The molecule has 2 rings (SSSR count). The van der Waals surface area contributed by atoms with E-state index >= 15 is 0 Å². The Morgan fingerprint density at radius 1 is 1.38 bits per heavy atom. The SMILES string of the molecule is CC1(C)CCCNC1CNC(=O)Cc1ccc(Br)cc1.Cl. The van der Waals surface area contributed by atoms with Crippen molar-refractivity contribution in [3.63, 3.8) is 0 Å². The summed E-state index contributed by atoms with van der Waals surface area (Å²) in [5, 5.41) is 6.57. The van der Waals surface area contributed by atoms with Gasteiger partial charge in [0.1, 0.15) is 0 Å². The molecule has 1 saturated heterocycles. The number of hydrogen-bond acceptors (Lipinski definition) is 2. The second-order valence-electron chi connectivity index (χ2n) is 6.21. The van der Waals surface area contributed by atoms with E-state index in [-0.39, 0.29) is 23.7 Å². The molecular formula is C16H24BrClN2O. The van der Waals surface area contributed by atoms with E-state index in [1.165, 1.54) is 12.8 Å². The Morgan fingerprint density at radius 3 is 2.67 bits per heavy atom. The fourth-order valence-corrected chi connectivity index (χ4v) is 2.95. The summed E-state index contributed by atoms with van der Waals surface area (Å²) in [5.74, 6) is 0.0931. The molecule has 1 fully saturated rings. The standard InChI is InChI=1S/C16H23BrN2O.ClH/c1-16(2)8-3-9-18-14(16)11-19-15(20)10-12-4-6-13(17)7-5-12;/h4-7,14,18H,3,8-11H2,1-2H3,(H,19,20);1H. The van der Waals surface area contributed by atoms with Crippen molar-refractivity contribution >= 4 is 34.2 Å². The molecule has 5 heteroatoms. The highest BCUT2D eigenvalue weighted by atomic mass is 79.9. The lowest BCUT2D eigenvalue weighted by molar-refractivity contribution is -0.120. The minimum atomic E-state index is 0. The number of carbonyl (C=O) groups is 1. The monoisotopic (exact) mass is 374 g/mol. The van der Waals surface area contributed by atoms with E-state index < -0.39 is 0 Å². The fraction of sp³-hybridized carbons (Fsp3) is 0.562. The van der Waals surface area contributed by atoms with Crippen LogP contribution in [0.2, 0.25) is 0 Å². The van der Waals surface area contributed by atoms with Crippen LogP contribution in [-0.2, 0) is 11.2 Å². The summed E-state index contributed by atoms with van der Waals surface area (Å²) < 4.78 is 1.04. The predicted octanol–water partition coefficient (Wildman–Crippen LogP) is 3.31. The van der Waals surface area contributed by atoms with Crippen molar-refractivity contribution in [3.05, 3.63) is 34.3 Å². The summed E-state index contributed by atoms with van der Waals surface area (Å²) in [4.78, 5) is 12.0. The number of piperidine rings is 1. The van der Waals surface area contributed by atoms with Crippen LogP contribution in [0.25, 0.3) is 0 Å². The number of halogens is 2. The van der Waals surface area contributed by atoms with Crippen molar-refractivity contribution in [1.82, 2.24) is 10.6 Å². The topological polar surface area (TPSA) is 41.1 Å². The molecule has 1 aliphatic rings. The molecule has 1 amide bonds. The van der Waals surface area contributed by atoms with E-state index in [9.17, 15) is 4.79 Å². The fourth-order valence-electron chi connectivity index (χ4n) is 2.69. The van der Waals surface area contributed by atoms with Crippen LogP contribution < -0.4 is 10.6 Å². The molecule has 1 heterocycles. The first-order chi connectivity index (χ1) is 9.47. The Morgan fingerprint density at radius 2 is 2.05 bits per heavy atom. The van der Waals surface area contributed by atoms with Crippen LogP contribution >= 0.6 is 28.3 Å². The molecule has 1 unspecified atom stereocenters. The third-order valence-electron chi connectivity index (χ3n) is 4.11. The van der Waals surface area contributed by atoms with Crippen LogP contribution in [0.3, 0.4) is 0 Å². The number of benzene rings is 1. The normalized spacial score (nSPS) is 20.4. The van der Waals surface area contributed by atoms with Crippen molar-refractivity contribution in [3.8, 4) is 0 Å². The highest BCUT2D eigenvalue weighted by Gasteiger charge is 2.31. The van der Waals surface area contributed by atoms with Gasteiger partial charge >= 0.3 is 0 Å². The summed E-state index contributed by atoms with van der Waals surface area (Å²) >= 11 is 3.40. The summed E-state index contributed by atoms with van der Waals surface area (Å²) in [6.07, 6.45) is 2.88. The van der Waals surface area contributed by atoms with Crippen LogP contribution in [0, 0.1) is 5.41 Å². The average Bonchev–Trinajstić information content (AvgIpc) is 2.40. The lowest BCUT2D eigenvalue weighted by atomic mass is 9.77. The first kappa shape index (κ1) is 18.5. The lowest BCUT2D eigenvalue weighted by Gasteiger charge is -2.39. The van der Waals surface area contributed by atoms with Crippen molar-refractivity contribution in [1.29, 1.82) is 0 Å². The van der Waals surface area contributed by atoms with E-state index in [2.05, 4.69) is 40.4 Å². The number of carbonyl (C=O) groups excluding carboxylic acids is 1. The zero-order valence-corrected chi connectivity index (χ0v) is 15.0. The van der Waals surface area contributed by atoms with Crippen molar-refractivity contribution in [2.24, 2.45) is 5.41 Å². The zero-order chi connectivity index (χ0) is 14.6. The maximum atomic E-state index is 12.0. The third kappa shape index (κ3) is 5.61. The molecule has 1 atom stereocenters. The molecule has 0 radical (unpaired) electrons. The number of nitrogens with one attached hydrogen (secondary N) is 2. The van der Waals surface area contributed by atoms with Gasteiger partial charge in [-0.3, -0.25) is 4.79 Å². The van der Waals surface area contributed by atoms with Gasteiger partial charge in [0, 0.05) is 17.1 Å². The maximum absolute atomic E-state index is 12.0.